The number of piperidine rings is 1. The first kappa shape index (κ1) is 20.9. The minimum absolute atomic E-state index is 0. The van der Waals surface area contributed by atoms with E-state index in [4.69, 9.17) is 0 Å². The van der Waals surface area contributed by atoms with Crippen LogP contribution in [-0.2, 0) is 11.2 Å². The molecule has 2 aromatic carbocycles. The zero-order valence-corrected chi connectivity index (χ0v) is 17.6. The highest BCUT2D eigenvalue weighted by Crippen LogP contribution is 2.24. The fraction of sp³-hybridized carbons (Fsp3) is 0.409. The second-order valence-electron chi connectivity index (χ2n) is 6.76. The lowest BCUT2D eigenvalue weighted by Crippen LogP contribution is -3.00. The van der Waals surface area contributed by atoms with Gasteiger partial charge >= 0.3 is 0 Å². The van der Waals surface area contributed by atoms with Crippen LogP contribution in [0.25, 0.3) is 0 Å². The average molecular weight is 463 g/mol. The van der Waals surface area contributed by atoms with Gasteiger partial charge in [0.05, 0.1) is 0 Å². The minimum atomic E-state index is 0. The molecule has 26 heavy (non-hydrogen) atoms. The van der Waals surface area contributed by atoms with Crippen molar-refractivity contribution in [2.45, 2.75) is 38.6 Å². The lowest BCUT2D eigenvalue weighted by atomic mass is 10.0. The molecule has 0 aromatic heterocycles. The van der Waals surface area contributed by atoms with Gasteiger partial charge in [-0.2, -0.15) is 0 Å². The Labute approximate surface area is 174 Å². The third-order valence-corrected chi connectivity index (χ3v) is 5.09. The first-order valence-electron chi connectivity index (χ1n) is 9.41. The van der Waals surface area contributed by atoms with E-state index in [0.29, 0.717) is 12.5 Å². The van der Waals surface area contributed by atoms with Gasteiger partial charge in [0.15, 0.2) is 0 Å². The summed E-state index contributed by atoms with van der Waals surface area (Å²) in [5.41, 5.74) is 2.44. The Balaban J connectivity index is 0.00000243. The molecule has 1 amide bonds. The van der Waals surface area contributed by atoms with Crippen molar-refractivity contribution in [3.05, 3.63) is 66.2 Å². The highest BCUT2D eigenvalue weighted by Gasteiger charge is 2.28. The van der Waals surface area contributed by atoms with Crippen molar-refractivity contribution in [2.24, 2.45) is 0 Å². The van der Waals surface area contributed by atoms with E-state index >= 15 is 0 Å². The van der Waals surface area contributed by atoms with Crippen molar-refractivity contribution < 1.29 is 28.8 Å². The predicted octanol–water partition coefficient (Wildman–Crippen LogP) is 1.14. The summed E-state index contributed by atoms with van der Waals surface area (Å²) in [4.78, 5) is 17.1. The van der Waals surface area contributed by atoms with Crippen molar-refractivity contribution >= 4 is 11.6 Å². The van der Waals surface area contributed by atoms with Crippen LogP contribution in [-0.4, -0.2) is 36.5 Å². The van der Waals surface area contributed by atoms with E-state index in [0.717, 1.165) is 44.6 Å². The molecule has 2 aromatic rings. The van der Waals surface area contributed by atoms with Crippen molar-refractivity contribution in [1.82, 2.24) is 4.90 Å². The molecule has 0 N–H and O–H groups in total. The molecule has 3 rings (SSSR count). The Bertz CT molecular complexity index is 654. The maximum Gasteiger partial charge on any atom is 0.226 e. The molecule has 0 bridgehead atoms. The van der Waals surface area contributed by atoms with Crippen molar-refractivity contribution in [3.63, 3.8) is 0 Å². The zero-order valence-electron chi connectivity index (χ0n) is 15.5. The SMILES string of the molecule is CCC(=O)N(c1ccccc1)C1CCN(CCc2ccccc2)CC1.[I-]. The van der Waals surface area contributed by atoms with Crippen molar-refractivity contribution in [2.75, 3.05) is 24.5 Å². The van der Waals surface area contributed by atoms with Gasteiger partial charge in [0.2, 0.25) is 5.91 Å². The summed E-state index contributed by atoms with van der Waals surface area (Å²) >= 11 is 0. The molecule has 0 radical (unpaired) electrons. The highest BCUT2D eigenvalue weighted by atomic mass is 127. The number of amides is 1. The molecule has 4 heteroatoms. The largest absolute Gasteiger partial charge is 1.00 e. The molecule has 1 aliphatic heterocycles. The van der Waals surface area contributed by atoms with Crippen LogP contribution in [0.5, 0.6) is 0 Å². The number of halogens is 1. The lowest BCUT2D eigenvalue weighted by Gasteiger charge is -2.38. The number of carbonyl (C=O) groups is 1. The minimum Gasteiger partial charge on any atom is -1.00 e. The van der Waals surface area contributed by atoms with Crippen LogP contribution in [0, 0.1) is 0 Å². The van der Waals surface area contributed by atoms with Crippen LogP contribution in [0.4, 0.5) is 5.69 Å². The number of rotatable bonds is 6. The van der Waals surface area contributed by atoms with Crippen LogP contribution in [0.2, 0.25) is 0 Å². The maximum atomic E-state index is 12.5. The third kappa shape index (κ3) is 5.55. The summed E-state index contributed by atoms with van der Waals surface area (Å²) in [6.45, 7) is 5.19. The second kappa shape index (κ2) is 10.7. The first-order valence-corrected chi connectivity index (χ1v) is 9.41. The Morgan fingerprint density at radius 1 is 1.00 bits per heavy atom. The van der Waals surface area contributed by atoms with E-state index < -0.39 is 0 Å². The highest BCUT2D eigenvalue weighted by molar-refractivity contribution is 5.93. The third-order valence-electron chi connectivity index (χ3n) is 5.09. The predicted molar refractivity (Wildman–Crippen MR) is 104 cm³/mol. The Kier molecular flexibility index (Phi) is 8.59. The Hall–Kier alpha value is -1.40. The van der Waals surface area contributed by atoms with E-state index in [9.17, 15) is 4.79 Å². The van der Waals surface area contributed by atoms with E-state index in [1.165, 1.54) is 5.56 Å². The van der Waals surface area contributed by atoms with Crippen molar-refractivity contribution in [3.8, 4) is 0 Å². The molecule has 0 spiro atoms. The quantitative estimate of drug-likeness (QED) is 0.601. The Morgan fingerprint density at radius 3 is 2.15 bits per heavy atom. The molecule has 0 unspecified atom stereocenters. The van der Waals surface area contributed by atoms with Gasteiger partial charge in [-0.15, -0.1) is 0 Å². The molecule has 3 nitrogen and oxygen atoms in total. The average Bonchev–Trinajstić information content (AvgIpc) is 2.69. The zero-order chi connectivity index (χ0) is 17.5. The molecular weight excluding hydrogens is 435 g/mol. The van der Waals surface area contributed by atoms with Crippen LogP contribution in [0.15, 0.2) is 60.7 Å². The standard InChI is InChI=1S/C22H28N2O.HI/c1-2-22(25)24(20-11-7-4-8-12-20)21-14-17-23(18-15-21)16-13-19-9-5-3-6-10-19;/h3-12,21H,2,13-18H2,1H3;1H/p-1. The number of benzene rings is 2. The summed E-state index contributed by atoms with van der Waals surface area (Å²) in [5, 5.41) is 0. The van der Waals surface area contributed by atoms with Crippen molar-refractivity contribution in [1.29, 1.82) is 0 Å². The Morgan fingerprint density at radius 2 is 1.58 bits per heavy atom. The molecule has 0 aliphatic carbocycles. The van der Waals surface area contributed by atoms with Gasteiger partial charge in [-0.05, 0) is 37.0 Å². The van der Waals surface area contributed by atoms with Gasteiger partial charge in [-0.3, -0.25) is 4.79 Å². The molecule has 0 atom stereocenters. The summed E-state index contributed by atoms with van der Waals surface area (Å²) in [7, 11) is 0. The summed E-state index contributed by atoms with van der Waals surface area (Å²) in [6.07, 6.45) is 3.76. The molecule has 1 aliphatic rings. The summed E-state index contributed by atoms with van der Waals surface area (Å²) < 4.78 is 0. The number of para-hydroxylation sites is 1. The summed E-state index contributed by atoms with van der Waals surface area (Å²) in [6, 6.07) is 21.1. The fourth-order valence-electron chi connectivity index (χ4n) is 3.65. The van der Waals surface area contributed by atoms with E-state index in [-0.39, 0.29) is 29.9 Å². The second-order valence-corrected chi connectivity index (χ2v) is 6.76. The normalized spacial score (nSPS) is 15.3. The molecule has 1 fully saturated rings. The summed E-state index contributed by atoms with van der Waals surface area (Å²) in [5.74, 6) is 0.230. The van der Waals surface area contributed by atoms with Gasteiger partial charge in [-0.1, -0.05) is 55.5 Å². The van der Waals surface area contributed by atoms with Gasteiger partial charge in [0.25, 0.3) is 0 Å². The van der Waals surface area contributed by atoms with E-state index in [1.54, 1.807) is 0 Å². The van der Waals surface area contributed by atoms with E-state index in [1.807, 2.05) is 30.0 Å². The number of nitrogens with zero attached hydrogens (tertiary/aromatic N) is 2. The number of likely N-dealkylation sites (tertiary alicyclic amines) is 1. The maximum absolute atomic E-state index is 12.5. The molecule has 0 saturated carbocycles. The number of hydrogen-bond donors (Lipinski definition) is 0. The molecule has 1 saturated heterocycles. The van der Waals surface area contributed by atoms with Gasteiger partial charge in [-0.25, -0.2) is 0 Å². The fourth-order valence-corrected chi connectivity index (χ4v) is 3.65. The number of hydrogen-bond acceptors (Lipinski definition) is 2. The molecule has 1 heterocycles. The van der Waals surface area contributed by atoms with Gasteiger partial charge in [0.1, 0.15) is 0 Å². The molecular formula is C22H28IN2O-. The van der Waals surface area contributed by atoms with E-state index in [2.05, 4.69) is 47.4 Å². The smallest absolute Gasteiger partial charge is 0.226 e. The van der Waals surface area contributed by atoms with Crippen LogP contribution < -0.4 is 28.9 Å². The topological polar surface area (TPSA) is 23.6 Å². The lowest BCUT2D eigenvalue weighted by molar-refractivity contribution is -0.119. The first-order chi connectivity index (χ1) is 12.3. The number of anilines is 1. The number of carbonyl (C=O) groups excluding carboxylic acids is 1. The van der Waals surface area contributed by atoms with Gasteiger partial charge < -0.3 is 33.8 Å². The van der Waals surface area contributed by atoms with Crippen LogP contribution in [0.1, 0.15) is 31.7 Å². The van der Waals surface area contributed by atoms with Crippen LogP contribution in [0.3, 0.4) is 0 Å². The molecule has 140 valence electrons. The van der Waals surface area contributed by atoms with Gasteiger partial charge in [0, 0.05) is 37.8 Å². The monoisotopic (exact) mass is 463 g/mol. The van der Waals surface area contributed by atoms with Crippen LogP contribution >= 0.6 is 0 Å².